The van der Waals surface area contributed by atoms with Gasteiger partial charge in [0.05, 0.1) is 11.7 Å². The Bertz CT molecular complexity index is 634. The summed E-state index contributed by atoms with van der Waals surface area (Å²) in [6.07, 6.45) is 13.5. The van der Waals surface area contributed by atoms with E-state index in [9.17, 15) is 4.79 Å². The zero-order chi connectivity index (χ0) is 18.7. The number of hydrogen-bond donors (Lipinski definition) is 0. The van der Waals surface area contributed by atoms with Crippen LogP contribution in [0.5, 0.6) is 5.75 Å². The van der Waals surface area contributed by atoms with Crippen molar-refractivity contribution in [2.24, 2.45) is 5.41 Å². The standard InChI is InChI=1S/C22H32N2O3/c1-21(8-3-2-4-9-21)20(25)24-15-11-22(12-16-24)10-5-19(27-22)17-26-18-6-13-23-14-7-18/h6-7,13-14,19H,2-5,8-12,15-17H2,1H3. The van der Waals surface area contributed by atoms with E-state index in [0.717, 1.165) is 57.4 Å². The molecule has 4 rings (SSSR count). The van der Waals surface area contributed by atoms with Crippen molar-refractivity contribution in [2.45, 2.75) is 76.4 Å². The number of rotatable bonds is 4. The first-order valence-corrected chi connectivity index (χ1v) is 10.6. The Hall–Kier alpha value is -1.62. The highest BCUT2D eigenvalue weighted by Gasteiger charge is 2.45. The van der Waals surface area contributed by atoms with E-state index < -0.39 is 0 Å². The Morgan fingerprint density at radius 3 is 2.56 bits per heavy atom. The monoisotopic (exact) mass is 372 g/mol. The van der Waals surface area contributed by atoms with E-state index in [4.69, 9.17) is 9.47 Å². The number of hydrogen-bond acceptors (Lipinski definition) is 4. The number of likely N-dealkylation sites (tertiary alicyclic amines) is 1. The van der Waals surface area contributed by atoms with Gasteiger partial charge in [0.25, 0.3) is 0 Å². The lowest BCUT2D eigenvalue weighted by Gasteiger charge is -2.43. The quantitative estimate of drug-likeness (QED) is 0.802. The maximum absolute atomic E-state index is 13.1. The second kappa shape index (κ2) is 7.78. The third kappa shape index (κ3) is 4.13. The molecule has 1 spiro atoms. The lowest BCUT2D eigenvalue weighted by Crippen LogP contribution is -2.51. The zero-order valence-electron chi connectivity index (χ0n) is 16.5. The molecular weight excluding hydrogens is 340 g/mol. The molecule has 27 heavy (non-hydrogen) atoms. The predicted octanol–water partition coefficient (Wildman–Crippen LogP) is 3.97. The predicted molar refractivity (Wildman–Crippen MR) is 104 cm³/mol. The highest BCUT2D eigenvalue weighted by atomic mass is 16.6. The molecule has 0 aromatic carbocycles. The Morgan fingerprint density at radius 1 is 1.15 bits per heavy atom. The summed E-state index contributed by atoms with van der Waals surface area (Å²) in [7, 11) is 0. The van der Waals surface area contributed by atoms with Gasteiger partial charge in [0, 0.05) is 30.9 Å². The number of amides is 1. The molecule has 1 atom stereocenters. The molecule has 3 aliphatic rings. The Labute approximate surface area is 162 Å². The van der Waals surface area contributed by atoms with Crippen LogP contribution in [0.2, 0.25) is 0 Å². The highest BCUT2D eigenvalue weighted by Crippen LogP contribution is 2.42. The van der Waals surface area contributed by atoms with Crippen LogP contribution in [0.4, 0.5) is 0 Å². The minimum atomic E-state index is -0.125. The largest absolute Gasteiger partial charge is 0.491 e. The van der Waals surface area contributed by atoms with Crippen molar-refractivity contribution < 1.29 is 14.3 Å². The molecule has 1 aromatic rings. The van der Waals surface area contributed by atoms with Crippen molar-refractivity contribution in [1.82, 2.24) is 9.88 Å². The molecule has 1 amide bonds. The van der Waals surface area contributed by atoms with E-state index in [2.05, 4.69) is 16.8 Å². The summed E-state index contributed by atoms with van der Waals surface area (Å²) in [6.45, 7) is 4.45. The van der Waals surface area contributed by atoms with E-state index >= 15 is 0 Å². The topological polar surface area (TPSA) is 51.7 Å². The van der Waals surface area contributed by atoms with Gasteiger partial charge in [-0.3, -0.25) is 9.78 Å². The zero-order valence-corrected chi connectivity index (χ0v) is 16.5. The van der Waals surface area contributed by atoms with Crippen molar-refractivity contribution in [3.8, 4) is 5.75 Å². The van der Waals surface area contributed by atoms with Gasteiger partial charge >= 0.3 is 0 Å². The first kappa shape index (κ1) is 18.7. The first-order chi connectivity index (χ1) is 13.1. The second-order valence-corrected chi connectivity index (χ2v) is 8.87. The molecule has 5 heteroatoms. The Morgan fingerprint density at radius 2 is 1.85 bits per heavy atom. The van der Waals surface area contributed by atoms with Gasteiger partial charge in [-0.25, -0.2) is 0 Å². The summed E-state index contributed by atoms with van der Waals surface area (Å²) in [5.41, 5.74) is -0.170. The number of piperidine rings is 1. The molecule has 5 nitrogen and oxygen atoms in total. The van der Waals surface area contributed by atoms with Crippen LogP contribution >= 0.6 is 0 Å². The van der Waals surface area contributed by atoms with Gasteiger partial charge < -0.3 is 14.4 Å². The number of ether oxygens (including phenoxy) is 2. The van der Waals surface area contributed by atoms with Crippen LogP contribution < -0.4 is 4.74 Å². The summed E-state index contributed by atoms with van der Waals surface area (Å²) >= 11 is 0. The fourth-order valence-electron chi connectivity index (χ4n) is 5.05. The fourth-order valence-corrected chi connectivity index (χ4v) is 5.05. The smallest absolute Gasteiger partial charge is 0.228 e. The molecular formula is C22H32N2O3. The van der Waals surface area contributed by atoms with Crippen LogP contribution in [0.25, 0.3) is 0 Å². The summed E-state index contributed by atoms with van der Waals surface area (Å²) in [4.78, 5) is 19.2. The fraction of sp³-hybridized carbons (Fsp3) is 0.727. The molecule has 2 saturated heterocycles. The molecule has 0 N–H and O–H groups in total. The summed E-state index contributed by atoms with van der Waals surface area (Å²) in [6, 6.07) is 3.75. The summed E-state index contributed by atoms with van der Waals surface area (Å²) in [5.74, 6) is 1.23. The minimum Gasteiger partial charge on any atom is -0.491 e. The average molecular weight is 373 g/mol. The van der Waals surface area contributed by atoms with E-state index in [1.165, 1.54) is 19.3 Å². The molecule has 1 aromatic heterocycles. The maximum atomic E-state index is 13.1. The van der Waals surface area contributed by atoms with Gasteiger partial charge in [-0.05, 0) is 50.7 Å². The van der Waals surface area contributed by atoms with Gasteiger partial charge in [0.1, 0.15) is 12.4 Å². The van der Waals surface area contributed by atoms with Crippen LogP contribution in [0, 0.1) is 5.41 Å². The lowest BCUT2D eigenvalue weighted by atomic mass is 9.74. The average Bonchev–Trinajstić information content (AvgIpc) is 3.10. The maximum Gasteiger partial charge on any atom is 0.228 e. The molecule has 3 fully saturated rings. The SMILES string of the molecule is CC1(C(=O)N2CCC3(CCC(COc4ccncc4)O3)CC2)CCCCC1. The highest BCUT2D eigenvalue weighted by molar-refractivity contribution is 5.82. The molecule has 0 radical (unpaired) electrons. The number of aromatic nitrogens is 1. The third-order valence-electron chi connectivity index (χ3n) is 6.86. The molecule has 1 aliphatic carbocycles. The number of carbonyl (C=O) groups excluding carboxylic acids is 1. The van der Waals surface area contributed by atoms with Crippen LogP contribution in [-0.4, -0.2) is 47.2 Å². The van der Waals surface area contributed by atoms with E-state index in [0.29, 0.717) is 12.5 Å². The Kier molecular flexibility index (Phi) is 5.40. The Balaban J connectivity index is 1.27. The van der Waals surface area contributed by atoms with Gasteiger partial charge in [0.2, 0.25) is 5.91 Å². The molecule has 1 saturated carbocycles. The van der Waals surface area contributed by atoms with Crippen LogP contribution in [-0.2, 0) is 9.53 Å². The molecule has 0 bridgehead atoms. The molecule has 1 unspecified atom stereocenters. The van der Waals surface area contributed by atoms with Crippen molar-refractivity contribution in [1.29, 1.82) is 0 Å². The van der Waals surface area contributed by atoms with E-state index in [1.807, 2.05) is 12.1 Å². The van der Waals surface area contributed by atoms with E-state index in [-0.39, 0.29) is 17.1 Å². The van der Waals surface area contributed by atoms with Gasteiger partial charge in [0.15, 0.2) is 0 Å². The summed E-state index contributed by atoms with van der Waals surface area (Å²) in [5, 5.41) is 0. The van der Waals surface area contributed by atoms with Gasteiger partial charge in [-0.2, -0.15) is 0 Å². The van der Waals surface area contributed by atoms with Crippen molar-refractivity contribution >= 4 is 5.91 Å². The summed E-state index contributed by atoms with van der Waals surface area (Å²) < 4.78 is 12.3. The number of carbonyl (C=O) groups is 1. The van der Waals surface area contributed by atoms with Crippen LogP contribution in [0.1, 0.15) is 64.7 Å². The minimum absolute atomic E-state index is 0.0451. The normalized spacial score (nSPS) is 26.9. The van der Waals surface area contributed by atoms with Crippen molar-refractivity contribution in [3.05, 3.63) is 24.5 Å². The molecule has 148 valence electrons. The van der Waals surface area contributed by atoms with Crippen molar-refractivity contribution in [2.75, 3.05) is 19.7 Å². The number of nitrogens with zero attached hydrogens (tertiary/aromatic N) is 2. The second-order valence-electron chi connectivity index (χ2n) is 8.87. The third-order valence-corrected chi connectivity index (χ3v) is 6.86. The van der Waals surface area contributed by atoms with Crippen molar-refractivity contribution in [3.63, 3.8) is 0 Å². The lowest BCUT2D eigenvalue weighted by molar-refractivity contribution is -0.149. The molecule has 3 heterocycles. The van der Waals surface area contributed by atoms with Gasteiger partial charge in [-0.1, -0.05) is 26.2 Å². The van der Waals surface area contributed by atoms with Crippen LogP contribution in [0.15, 0.2) is 24.5 Å². The number of pyridine rings is 1. The first-order valence-electron chi connectivity index (χ1n) is 10.6. The molecule has 2 aliphatic heterocycles. The van der Waals surface area contributed by atoms with Gasteiger partial charge in [-0.15, -0.1) is 0 Å². The van der Waals surface area contributed by atoms with E-state index in [1.54, 1.807) is 12.4 Å². The van der Waals surface area contributed by atoms with Crippen LogP contribution in [0.3, 0.4) is 0 Å².